The van der Waals surface area contributed by atoms with Crippen molar-refractivity contribution >= 4 is 10.8 Å². The van der Waals surface area contributed by atoms with Gasteiger partial charge in [0, 0.05) is 6.54 Å². The summed E-state index contributed by atoms with van der Waals surface area (Å²) in [6.07, 6.45) is 2.93. The summed E-state index contributed by atoms with van der Waals surface area (Å²) in [7, 11) is 1.69. The molecule has 0 amide bonds. The summed E-state index contributed by atoms with van der Waals surface area (Å²) in [6.45, 7) is 5.59. The minimum atomic E-state index is 0.899. The van der Waals surface area contributed by atoms with Crippen LogP contribution >= 0.6 is 0 Å². The first kappa shape index (κ1) is 12.7. The third-order valence-corrected chi connectivity index (χ3v) is 2.97. The Morgan fingerprint density at radius 3 is 2.72 bits per heavy atom. The average Bonchev–Trinajstić information content (AvgIpc) is 2.43. The van der Waals surface area contributed by atoms with Gasteiger partial charge < -0.3 is 10.1 Å². The molecule has 0 radical (unpaired) electrons. The summed E-state index contributed by atoms with van der Waals surface area (Å²) >= 11 is 0. The van der Waals surface area contributed by atoms with Crippen LogP contribution in [-0.2, 0) is 6.54 Å². The molecule has 1 N–H and O–H groups in total. The minimum Gasteiger partial charge on any atom is -0.497 e. The largest absolute Gasteiger partial charge is 0.497 e. The Hall–Kier alpha value is -1.80. The van der Waals surface area contributed by atoms with Gasteiger partial charge in [-0.15, -0.1) is 6.58 Å². The third kappa shape index (κ3) is 3.11. The van der Waals surface area contributed by atoms with Gasteiger partial charge in [-0.2, -0.15) is 0 Å². The first-order valence-electron chi connectivity index (χ1n) is 6.22. The van der Waals surface area contributed by atoms with E-state index in [0.717, 1.165) is 25.3 Å². The molecular weight excluding hydrogens is 222 g/mol. The van der Waals surface area contributed by atoms with E-state index >= 15 is 0 Å². The highest BCUT2D eigenvalue weighted by Crippen LogP contribution is 2.21. The molecule has 0 aliphatic rings. The van der Waals surface area contributed by atoms with E-state index < -0.39 is 0 Å². The standard InChI is InChI=1S/C16H19NO/c1-3-4-9-17-12-13-5-6-15-11-16(18-2)8-7-14(15)10-13/h3,5-8,10-11,17H,1,4,9,12H2,2H3. The van der Waals surface area contributed by atoms with Crippen LogP contribution in [0.25, 0.3) is 10.8 Å². The van der Waals surface area contributed by atoms with Crippen molar-refractivity contribution in [1.29, 1.82) is 0 Å². The lowest BCUT2D eigenvalue weighted by Crippen LogP contribution is -2.13. The molecule has 2 nitrogen and oxygen atoms in total. The van der Waals surface area contributed by atoms with E-state index in [-0.39, 0.29) is 0 Å². The molecule has 0 aliphatic carbocycles. The molecule has 0 bridgehead atoms. The lowest BCUT2D eigenvalue weighted by molar-refractivity contribution is 0.415. The van der Waals surface area contributed by atoms with Crippen LogP contribution < -0.4 is 10.1 Å². The summed E-state index contributed by atoms with van der Waals surface area (Å²) in [5.74, 6) is 0.902. The fourth-order valence-corrected chi connectivity index (χ4v) is 1.95. The normalized spacial score (nSPS) is 10.5. The highest BCUT2D eigenvalue weighted by molar-refractivity contribution is 5.84. The Morgan fingerprint density at radius 1 is 1.17 bits per heavy atom. The molecule has 94 valence electrons. The van der Waals surface area contributed by atoms with Crippen molar-refractivity contribution in [1.82, 2.24) is 5.32 Å². The van der Waals surface area contributed by atoms with Crippen LogP contribution in [0.2, 0.25) is 0 Å². The number of ether oxygens (including phenoxy) is 1. The van der Waals surface area contributed by atoms with Crippen LogP contribution in [0.1, 0.15) is 12.0 Å². The van der Waals surface area contributed by atoms with Crippen LogP contribution in [-0.4, -0.2) is 13.7 Å². The van der Waals surface area contributed by atoms with Crippen LogP contribution in [0, 0.1) is 0 Å². The van der Waals surface area contributed by atoms with E-state index in [2.05, 4.69) is 42.2 Å². The molecule has 0 fully saturated rings. The van der Waals surface area contributed by atoms with E-state index in [4.69, 9.17) is 4.74 Å². The van der Waals surface area contributed by atoms with E-state index in [1.165, 1.54) is 16.3 Å². The van der Waals surface area contributed by atoms with Gasteiger partial charge in [0.15, 0.2) is 0 Å². The second kappa shape index (κ2) is 6.22. The van der Waals surface area contributed by atoms with E-state index in [9.17, 15) is 0 Å². The molecular formula is C16H19NO. The number of fused-ring (bicyclic) bond motifs is 1. The smallest absolute Gasteiger partial charge is 0.119 e. The highest BCUT2D eigenvalue weighted by atomic mass is 16.5. The topological polar surface area (TPSA) is 21.3 Å². The molecule has 2 heteroatoms. The van der Waals surface area contributed by atoms with Crippen molar-refractivity contribution in [3.63, 3.8) is 0 Å². The molecule has 2 aromatic carbocycles. The zero-order chi connectivity index (χ0) is 12.8. The molecule has 2 aromatic rings. The first-order chi connectivity index (χ1) is 8.83. The highest BCUT2D eigenvalue weighted by Gasteiger charge is 1.98. The maximum Gasteiger partial charge on any atom is 0.119 e. The lowest BCUT2D eigenvalue weighted by atomic mass is 10.1. The van der Waals surface area contributed by atoms with Crippen LogP contribution in [0.15, 0.2) is 49.1 Å². The number of nitrogens with one attached hydrogen (secondary N) is 1. The second-order valence-corrected chi connectivity index (χ2v) is 4.30. The van der Waals surface area contributed by atoms with Crippen molar-refractivity contribution in [2.24, 2.45) is 0 Å². The minimum absolute atomic E-state index is 0.899. The first-order valence-corrected chi connectivity index (χ1v) is 6.22. The van der Waals surface area contributed by atoms with Crippen molar-refractivity contribution in [3.05, 3.63) is 54.6 Å². The monoisotopic (exact) mass is 241 g/mol. The SMILES string of the molecule is C=CCCNCc1ccc2cc(OC)ccc2c1. The summed E-state index contributed by atoms with van der Waals surface area (Å²) in [4.78, 5) is 0. The fourth-order valence-electron chi connectivity index (χ4n) is 1.95. The zero-order valence-electron chi connectivity index (χ0n) is 10.8. The number of hydrogen-bond donors (Lipinski definition) is 1. The van der Waals surface area contributed by atoms with Crippen molar-refractivity contribution in [3.8, 4) is 5.75 Å². The van der Waals surface area contributed by atoms with Gasteiger partial charge in [-0.3, -0.25) is 0 Å². The predicted octanol–water partition coefficient (Wildman–Crippen LogP) is 3.51. The summed E-state index contributed by atoms with van der Waals surface area (Å²) in [6, 6.07) is 12.7. The maximum absolute atomic E-state index is 5.22. The third-order valence-electron chi connectivity index (χ3n) is 2.97. The molecule has 0 heterocycles. The number of hydrogen-bond acceptors (Lipinski definition) is 2. The van der Waals surface area contributed by atoms with Crippen LogP contribution in [0.4, 0.5) is 0 Å². The predicted molar refractivity (Wildman–Crippen MR) is 77.0 cm³/mol. The Labute approximate surface area is 108 Å². The van der Waals surface area contributed by atoms with Gasteiger partial charge in [0.2, 0.25) is 0 Å². The maximum atomic E-state index is 5.22. The van der Waals surface area contributed by atoms with Gasteiger partial charge in [0.1, 0.15) is 5.75 Å². The molecule has 18 heavy (non-hydrogen) atoms. The van der Waals surface area contributed by atoms with E-state index in [0.29, 0.717) is 0 Å². The van der Waals surface area contributed by atoms with Gasteiger partial charge in [-0.25, -0.2) is 0 Å². The van der Waals surface area contributed by atoms with Crippen LogP contribution in [0.5, 0.6) is 5.75 Å². The summed E-state index contributed by atoms with van der Waals surface area (Å²) in [5.41, 5.74) is 1.30. The quantitative estimate of drug-likeness (QED) is 0.617. The fraction of sp³-hybridized carbons (Fsp3) is 0.250. The van der Waals surface area contributed by atoms with E-state index in [1.54, 1.807) is 7.11 Å². The van der Waals surface area contributed by atoms with Crippen LogP contribution in [0.3, 0.4) is 0 Å². The van der Waals surface area contributed by atoms with Gasteiger partial charge in [-0.1, -0.05) is 24.3 Å². The van der Waals surface area contributed by atoms with Gasteiger partial charge in [0.05, 0.1) is 7.11 Å². The van der Waals surface area contributed by atoms with Gasteiger partial charge >= 0.3 is 0 Å². The van der Waals surface area contributed by atoms with Crippen molar-refractivity contribution in [2.45, 2.75) is 13.0 Å². The Kier molecular flexibility index (Phi) is 4.37. The van der Waals surface area contributed by atoms with Crippen molar-refractivity contribution in [2.75, 3.05) is 13.7 Å². The molecule has 2 rings (SSSR count). The van der Waals surface area contributed by atoms with Crippen molar-refractivity contribution < 1.29 is 4.74 Å². The molecule has 0 aromatic heterocycles. The number of benzene rings is 2. The van der Waals surface area contributed by atoms with Gasteiger partial charge in [-0.05, 0) is 47.5 Å². The molecule has 0 atom stereocenters. The summed E-state index contributed by atoms with van der Waals surface area (Å²) < 4.78 is 5.22. The summed E-state index contributed by atoms with van der Waals surface area (Å²) in [5, 5.41) is 5.86. The molecule has 0 aliphatic heterocycles. The Bertz CT molecular complexity index is 534. The molecule has 0 saturated carbocycles. The lowest BCUT2D eigenvalue weighted by Gasteiger charge is -2.06. The molecule has 0 spiro atoms. The number of methoxy groups -OCH3 is 1. The van der Waals surface area contributed by atoms with Gasteiger partial charge in [0.25, 0.3) is 0 Å². The zero-order valence-corrected chi connectivity index (χ0v) is 10.8. The molecule has 0 unspecified atom stereocenters. The number of rotatable bonds is 6. The Morgan fingerprint density at radius 2 is 1.94 bits per heavy atom. The molecule has 0 saturated heterocycles. The Balaban J connectivity index is 2.10. The van der Waals surface area contributed by atoms with E-state index in [1.807, 2.05) is 12.1 Å². The second-order valence-electron chi connectivity index (χ2n) is 4.30. The average molecular weight is 241 g/mol.